The van der Waals surface area contributed by atoms with Gasteiger partial charge < -0.3 is 10.6 Å². The van der Waals surface area contributed by atoms with Crippen molar-refractivity contribution in [1.29, 1.82) is 0 Å². The second kappa shape index (κ2) is 4.95. The molecule has 0 spiro atoms. The van der Waals surface area contributed by atoms with Crippen LogP contribution in [0.4, 0.5) is 0 Å². The Labute approximate surface area is 111 Å². The van der Waals surface area contributed by atoms with Crippen molar-refractivity contribution in [3.05, 3.63) is 23.8 Å². The van der Waals surface area contributed by atoms with Crippen LogP contribution in [0.2, 0.25) is 0 Å². The van der Waals surface area contributed by atoms with Gasteiger partial charge in [0.25, 0.3) is 0 Å². The molecular formula is C13H16N4O2. The molecule has 100 valence electrons. The average Bonchev–Trinajstić information content (AvgIpc) is 3.19. The van der Waals surface area contributed by atoms with Gasteiger partial charge in [-0.25, -0.2) is 9.97 Å². The fourth-order valence-electron chi connectivity index (χ4n) is 2.23. The number of nitrogens with one attached hydrogen (secondary N) is 2. The van der Waals surface area contributed by atoms with E-state index in [4.69, 9.17) is 0 Å². The first-order chi connectivity index (χ1) is 9.22. The number of hydrogen-bond acceptors (Lipinski definition) is 4. The third-order valence-corrected chi connectivity index (χ3v) is 3.50. The molecule has 1 unspecified atom stereocenters. The summed E-state index contributed by atoms with van der Waals surface area (Å²) >= 11 is 0. The Kier molecular flexibility index (Phi) is 3.15. The molecule has 0 bridgehead atoms. The third-order valence-electron chi connectivity index (χ3n) is 3.50. The van der Waals surface area contributed by atoms with E-state index in [1.165, 1.54) is 12.8 Å². The highest BCUT2D eigenvalue weighted by molar-refractivity contribution is 5.90. The van der Waals surface area contributed by atoms with Gasteiger partial charge in [-0.1, -0.05) is 0 Å². The molecule has 0 radical (unpaired) electrons. The van der Waals surface area contributed by atoms with E-state index >= 15 is 0 Å². The first kappa shape index (κ1) is 12.1. The minimum atomic E-state index is -0.391. The first-order valence-corrected chi connectivity index (χ1v) is 6.60. The van der Waals surface area contributed by atoms with E-state index in [1.807, 2.05) is 6.07 Å². The smallest absolute Gasteiger partial charge is 0.242 e. The molecule has 2 fully saturated rings. The minimum absolute atomic E-state index is 0.0572. The van der Waals surface area contributed by atoms with Gasteiger partial charge >= 0.3 is 0 Å². The van der Waals surface area contributed by atoms with Gasteiger partial charge in [-0.15, -0.1) is 0 Å². The van der Waals surface area contributed by atoms with Crippen LogP contribution in [0.3, 0.4) is 0 Å². The highest BCUT2D eigenvalue weighted by Crippen LogP contribution is 2.38. The molecule has 2 N–H and O–H groups in total. The van der Waals surface area contributed by atoms with Crippen molar-refractivity contribution in [3.8, 4) is 0 Å². The van der Waals surface area contributed by atoms with Crippen LogP contribution in [0.15, 0.2) is 12.4 Å². The predicted octanol–water partition coefficient (Wildman–Crippen LogP) is 0.249. The van der Waals surface area contributed by atoms with Gasteiger partial charge in [-0.3, -0.25) is 9.59 Å². The summed E-state index contributed by atoms with van der Waals surface area (Å²) in [6.07, 6.45) is 4.93. The van der Waals surface area contributed by atoms with Crippen molar-refractivity contribution in [3.63, 3.8) is 0 Å². The second-order valence-electron chi connectivity index (χ2n) is 5.09. The highest BCUT2D eigenvalue weighted by Gasteiger charge is 2.27. The van der Waals surface area contributed by atoms with Gasteiger partial charge in [-0.05, 0) is 25.3 Å². The number of carbonyl (C=O) groups is 2. The third kappa shape index (κ3) is 2.89. The Morgan fingerprint density at radius 2 is 2.21 bits per heavy atom. The van der Waals surface area contributed by atoms with Crippen LogP contribution in [0.25, 0.3) is 0 Å². The van der Waals surface area contributed by atoms with Gasteiger partial charge in [0.15, 0.2) is 0 Å². The Morgan fingerprint density at radius 3 is 2.89 bits per heavy atom. The second-order valence-corrected chi connectivity index (χ2v) is 5.09. The van der Waals surface area contributed by atoms with Crippen molar-refractivity contribution in [1.82, 2.24) is 20.6 Å². The molecule has 2 heterocycles. The molecule has 1 saturated carbocycles. The lowest BCUT2D eigenvalue weighted by atomic mass is 10.2. The monoisotopic (exact) mass is 260 g/mol. The lowest BCUT2D eigenvalue weighted by Crippen LogP contribution is -2.41. The first-order valence-electron chi connectivity index (χ1n) is 6.60. The van der Waals surface area contributed by atoms with E-state index in [0.29, 0.717) is 25.3 Å². The largest absolute Gasteiger partial charge is 0.349 e. The average molecular weight is 260 g/mol. The van der Waals surface area contributed by atoms with Gasteiger partial charge in [0.2, 0.25) is 11.8 Å². The van der Waals surface area contributed by atoms with Crippen LogP contribution in [0, 0.1) is 0 Å². The summed E-state index contributed by atoms with van der Waals surface area (Å²) in [4.78, 5) is 31.3. The standard InChI is InChI=1S/C13H16N4O2/c18-12-4-3-10(17-12)13(19)14-6-9-5-11(8-1-2-8)16-7-15-9/h5,7-8,10H,1-4,6H2,(H,14,19)(H,17,18). The van der Waals surface area contributed by atoms with E-state index in [-0.39, 0.29) is 11.8 Å². The van der Waals surface area contributed by atoms with E-state index in [9.17, 15) is 9.59 Å². The highest BCUT2D eigenvalue weighted by atomic mass is 16.2. The van der Waals surface area contributed by atoms with Crippen LogP contribution in [-0.4, -0.2) is 27.8 Å². The van der Waals surface area contributed by atoms with Crippen LogP contribution in [0.1, 0.15) is 43.0 Å². The van der Waals surface area contributed by atoms with Crippen LogP contribution < -0.4 is 10.6 Å². The van der Waals surface area contributed by atoms with Crippen molar-refractivity contribution >= 4 is 11.8 Å². The number of carbonyl (C=O) groups excluding carboxylic acids is 2. The molecule has 1 aromatic heterocycles. The normalized spacial score (nSPS) is 22.1. The topological polar surface area (TPSA) is 84.0 Å². The van der Waals surface area contributed by atoms with E-state index in [2.05, 4.69) is 20.6 Å². The van der Waals surface area contributed by atoms with E-state index < -0.39 is 6.04 Å². The van der Waals surface area contributed by atoms with Gasteiger partial charge in [0.05, 0.1) is 12.2 Å². The summed E-state index contributed by atoms with van der Waals surface area (Å²) in [6.45, 7) is 0.382. The maximum Gasteiger partial charge on any atom is 0.242 e. The molecule has 1 aliphatic heterocycles. The Hall–Kier alpha value is -1.98. The van der Waals surface area contributed by atoms with Crippen molar-refractivity contribution in [2.75, 3.05) is 0 Å². The number of hydrogen-bond donors (Lipinski definition) is 2. The summed E-state index contributed by atoms with van der Waals surface area (Å²) in [5.74, 6) is 0.377. The molecule has 1 aliphatic carbocycles. The van der Waals surface area contributed by atoms with Crippen LogP contribution in [0.5, 0.6) is 0 Å². The summed E-state index contributed by atoms with van der Waals surface area (Å²) in [7, 11) is 0. The van der Waals surface area contributed by atoms with Crippen molar-refractivity contribution in [2.45, 2.75) is 44.2 Å². The number of aromatic nitrogens is 2. The summed E-state index contributed by atoms with van der Waals surface area (Å²) in [5.41, 5.74) is 1.88. The maximum atomic E-state index is 11.8. The molecule has 2 aliphatic rings. The van der Waals surface area contributed by atoms with Crippen molar-refractivity contribution < 1.29 is 9.59 Å². The lowest BCUT2D eigenvalue weighted by Gasteiger charge is -2.10. The van der Waals surface area contributed by atoms with E-state index in [1.54, 1.807) is 6.33 Å². The molecule has 0 aromatic carbocycles. The zero-order valence-corrected chi connectivity index (χ0v) is 10.6. The Morgan fingerprint density at radius 1 is 1.37 bits per heavy atom. The summed E-state index contributed by atoms with van der Waals surface area (Å²) in [6, 6.07) is 1.56. The SMILES string of the molecule is O=C1CCC(C(=O)NCc2cc(C3CC3)ncn2)N1. The summed E-state index contributed by atoms with van der Waals surface area (Å²) < 4.78 is 0. The fraction of sp³-hybridized carbons (Fsp3) is 0.538. The Balaban J connectivity index is 1.55. The number of nitrogens with zero attached hydrogens (tertiary/aromatic N) is 2. The van der Waals surface area contributed by atoms with Crippen molar-refractivity contribution in [2.24, 2.45) is 0 Å². The predicted molar refractivity (Wildman–Crippen MR) is 67.0 cm³/mol. The number of rotatable bonds is 4. The molecule has 6 heteroatoms. The molecule has 1 saturated heterocycles. The Bertz CT molecular complexity index is 513. The lowest BCUT2D eigenvalue weighted by molar-refractivity contribution is -0.125. The molecule has 1 atom stereocenters. The molecular weight excluding hydrogens is 244 g/mol. The molecule has 19 heavy (non-hydrogen) atoms. The van der Waals surface area contributed by atoms with Gasteiger partial charge in [-0.2, -0.15) is 0 Å². The number of amides is 2. The fourth-order valence-corrected chi connectivity index (χ4v) is 2.23. The molecule has 2 amide bonds. The maximum absolute atomic E-state index is 11.8. The van der Waals surface area contributed by atoms with Gasteiger partial charge in [0, 0.05) is 18.0 Å². The van der Waals surface area contributed by atoms with Crippen LogP contribution in [-0.2, 0) is 16.1 Å². The molecule has 6 nitrogen and oxygen atoms in total. The zero-order valence-electron chi connectivity index (χ0n) is 10.6. The van der Waals surface area contributed by atoms with Gasteiger partial charge in [0.1, 0.15) is 12.4 Å². The molecule has 3 rings (SSSR count). The minimum Gasteiger partial charge on any atom is -0.349 e. The van der Waals surface area contributed by atoms with E-state index in [0.717, 1.165) is 11.4 Å². The summed E-state index contributed by atoms with van der Waals surface area (Å²) in [5, 5.41) is 5.45. The van der Waals surface area contributed by atoms with Crippen LogP contribution >= 0.6 is 0 Å². The zero-order chi connectivity index (χ0) is 13.2. The quantitative estimate of drug-likeness (QED) is 0.812. The molecule has 1 aromatic rings.